The van der Waals surface area contributed by atoms with Crippen LogP contribution < -0.4 is 5.32 Å². The van der Waals surface area contributed by atoms with Gasteiger partial charge in [-0.25, -0.2) is 13.4 Å². The fourth-order valence-electron chi connectivity index (χ4n) is 3.63. The van der Waals surface area contributed by atoms with Crippen LogP contribution in [0.4, 0.5) is 0 Å². The summed E-state index contributed by atoms with van der Waals surface area (Å²) in [6.45, 7) is 5.64. The molecule has 1 saturated heterocycles. The summed E-state index contributed by atoms with van der Waals surface area (Å²) >= 11 is 0. The van der Waals surface area contributed by atoms with Gasteiger partial charge in [0.25, 0.3) is 0 Å². The van der Waals surface area contributed by atoms with E-state index < -0.39 is 10.0 Å². The van der Waals surface area contributed by atoms with E-state index in [2.05, 4.69) is 17.2 Å². The van der Waals surface area contributed by atoms with E-state index in [1.165, 1.54) is 4.31 Å². The van der Waals surface area contributed by atoms with Gasteiger partial charge in [0, 0.05) is 39.0 Å². The van der Waals surface area contributed by atoms with Crippen LogP contribution in [0.3, 0.4) is 0 Å². The molecule has 1 aromatic carbocycles. The van der Waals surface area contributed by atoms with E-state index in [1.807, 2.05) is 18.5 Å². The summed E-state index contributed by atoms with van der Waals surface area (Å²) in [6, 6.07) is 5.19. The number of nitrogens with one attached hydrogen (secondary N) is 1. The zero-order valence-corrected chi connectivity index (χ0v) is 18.2. The molecule has 0 radical (unpaired) electrons. The molecule has 9 heteroatoms. The highest BCUT2D eigenvalue weighted by molar-refractivity contribution is 7.89. The van der Waals surface area contributed by atoms with Gasteiger partial charge in [0.2, 0.25) is 15.9 Å². The monoisotopic (exact) mass is 422 g/mol. The Labute approximate surface area is 172 Å². The molecule has 8 nitrogen and oxygen atoms in total. The minimum Gasteiger partial charge on any atom is -0.379 e. The fraction of sp³-hybridized carbons (Fsp3) is 0.600. The Kier molecular flexibility index (Phi) is 6.92. The average Bonchev–Trinajstić information content (AvgIpc) is 3.02. The number of amides is 1. The number of carbonyl (C=O) groups excluding carboxylic acids is 1. The molecule has 1 atom stereocenters. The number of hydrogen-bond donors (Lipinski definition) is 1. The molecule has 0 saturated carbocycles. The molecule has 1 N–H and O–H groups in total. The molecule has 29 heavy (non-hydrogen) atoms. The first-order valence-corrected chi connectivity index (χ1v) is 11.6. The highest BCUT2D eigenvalue weighted by Crippen LogP contribution is 2.23. The number of aryl methyl sites for hydroxylation is 2. The van der Waals surface area contributed by atoms with Crippen LogP contribution in [0.2, 0.25) is 0 Å². The lowest BCUT2D eigenvalue weighted by molar-refractivity contribution is -0.121. The zero-order chi connectivity index (χ0) is 21.0. The number of morpholine rings is 1. The van der Waals surface area contributed by atoms with Crippen LogP contribution in [-0.2, 0) is 33.0 Å². The van der Waals surface area contributed by atoms with Crippen molar-refractivity contribution in [1.82, 2.24) is 19.2 Å². The van der Waals surface area contributed by atoms with E-state index in [1.54, 1.807) is 18.2 Å². The van der Waals surface area contributed by atoms with Crippen molar-refractivity contribution in [2.24, 2.45) is 7.05 Å². The standard InChI is InChI=1S/C20H30N4O4S/c1-4-5-15(2)21-20(25)9-8-19-22-17-14-16(6-7-18(17)23(19)3)29(26,27)24-10-12-28-13-11-24/h6-7,14-15H,4-5,8-13H2,1-3H3,(H,21,25)/t15-/m0/s1. The number of nitrogens with zero attached hydrogens (tertiary/aromatic N) is 3. The molecule has 2 heterocycles. The molecule has 160 valence electrons. The number of sulfonamides is 1. The molecule has 0 bridgehead atoms. The Morgan fingerprint density at radius 1 is 1.31 bits per heavy atom. The molecular formula is C20H30N4O4S. The van der Waals surface area contributed by atoms with Crippen molar-refractivity contribution < 1.29 is 17.9 Å². The maximum absolute atomic E-state index is 12.9. The first-order chi connectivity index (χ1) is 13.8. The molecule has 1 aliphatic heterocycles. The summed E-state index contributed by atoms with van der Waals surface area (Å²) in [7, 11) is -1.67. The van der Waals surface area contributed by atoms with Gasteiger partial charge in [0.05, 0.1) is 29.1 Å². The molecule has 3 rings (SSSR count). The zero-order valence-electron chi connectivity index (χ0n) is 17.3. The van der Waals surface area contributed by atoms with Crippen LogP contribution in [0, 0.1) is 0 Å². The van der Waals surface area contributed by atoms with E-state index in [9.17, 15) is 13.2 Å². The van der Waals surface area contributed by atoms with Gasteiger partial charge in [-0.2, -0.15) is 4.31 Å². The molecule has 1 amide bonds. The summed E-state index contributed by atoms with van der Waals surface area (Å²) in [5.41, 5.74) is 1.47. The van der Waals surface area contributed by atoms with Crippen molar-refractivity contribution in [2.45, 2.75) is 50.5 Å². The lowest BCUT2D eigenvalue weighted by Gasteiger charge is -2.26. The normalized spacial score (nSPS) is 16.8. The largest absolute Gasteiger partial charge is 0.379 e. The summed E-state index contributed by atoms with van der Waals surface area (Å²) in [6.07, 6.45) is 2.84. The predicted octanol–water partition coefficient (Wildman–Crippen LogP) is 1.83. The lowest BCUT2D eigenvalue weighted by atomic mass is 10.2. The Morgan fingerprint density at radius 2 is 2.03 bits per heavy atom. The van der Waals surface area contributed by atoms with Crippen LogP contribution in [-0.4, -0.2) is 60.5 Å². The first kappa shape index (κ1) is 21.7. The Hall–Kier alpha value is -1.97. The van der Waals surface area contributed by atoms with Crippen LogP contribution >= 0.6 is 0 Å². The van der Waals surface area contributed by atoms with Gasteiger partial charge in [-0.3, -0.25) is 4.79 Å². The van der Waals surface area contributed by atoms with Crippen molar-refractivity contribution in [1.29, 1.82) is 0 Å². The molecule has 2 aromatic rings. The van der Waals surface area contributed by atoms with Crippen LogP contribution in [0.1, 0.15) is 38.9 Å². The van der Waals surface area contributed by atoms with Gasteiger partial charge in [-0.1, -0.05) is 13.3 Å². The number of ether oxygens (including phenoxy) is 1. The van der Waals surface area contributed by atoms with Gasteiger partial charge in [-0.05, 0) is 31.5 Å². The quantitative estimate of drug-likeness (QED) is 0.701. The number of rotatable bonds is 8. The third-order valence-electron chi connectivity index (χ3n) is 5.26. The second kappa shape index (κ2) is 9.23. The molecular weight excluding hydrogens is 392 g/mol. The van der Waals surface area contributed by atoms with Crippen LogP contribution in [0.15, 0.2) is 23.1 Å². The average molecular weight is 423 g/mol. The van der Waals surface area contributed by atoms with E-state index >= 15 is 0 Å². The Morgan fingerprint density at radius 3 is 2.72 bits per heavy atom. The van der Waals surface area contributed by atoms with Gasteiger partial charge in [-0.15, -0.1) is 0 Å². The van der Waals surface area contributed by atoms with E-state index in [-0.39, 0.29) is 16.8 Å². The minimum absolute atomic E-state index is 0.00795. The number of imidazole rings is 1. The Bertz CT molecular complexity index is 964. The van der Waals surface area contributed by atoms with Gasteiger partial charge in [0.15, 0.2) is 0 Å². The topological polar surface area (TPSA) is 93.5 Å². The van der Waals surface area contributed by atoms with Gasteiger partial charge in [0.1, 0.15) is 5.82 Å². The maximum Gasteiger partial charge on any atom is 0.243 e. The SMILES string of the molecule is CCC[C@H](C)NC(=O)CCc1nc2cc(S(=O)(=O)N3CCOCC3)ccc2n1C. The smallest absolute Gasteiger partial charge is 0.243 e. The van der Waals surface area contributed by atoms with Gasteiger partial charge >= 0.3 is 0 Å². The Balaban J connectivity index is 1.75. The van der Waals surface area contributed by atoms with Crippen molar-refractivity contribution in [3.63, 3.8) is 0 Å². The van der Waals surface area contributed by atoms with E-state index in [4.69, 9.17) is 4.74 Å². The summed E-state index contributed by atoms with van der Waals surface area (Å²) in [5.74, 6) is 0.771. The molecule has 1 aromatic heterocycles. The number of carbonyl (C=O) groups is 1. The van der Waals surface area contributed by atoms with Crippen molar-refractivity contribution in [3.8, 4) is 0 Å². The predicted molar refractivity (Wildman–Crippen MR) is 111 cm³/mol. The highest BCUT2D eigenvalue weighted by atomic mass is 32.2. The molecule has 0 aliphatic carbocycles. The number of benzene rings is 1. The number of aromatic nitrogens is 2. The maximum atomic E-state index is 12.9. The minimum atomic E-state index is -3.56. The van der Waals surface area contributed by atoms with Crippen molar-refractivity contribution in [2.75, 3.05) is 26.3 Å². The van der Waals surface area contributed by atoms with Crippen LogP contribution in [0.25, 0.3) is 11.0 Å². The second-order valence-corrected chi connectivity index (χ2v) is 9.45. The molecule has 1 fully saturated rings. The third kappa shape index (κ3) is 4.96. The number of fused-ring (bicyclic) bond motifs is 1. The number of hydrogen-bond acceptors (Lipinski definition) is 5. The van der Waals surface area contributed by atoms with Crippen molar-refractivity contribution >= 4 is 27.0 Å². The van der Waals surface area contributed by atoms with Crippen molar-refractivity contribution in [3.05, 3.63) is 24.0 Å². The summed E-state index contributed by atoms with van der Waals surface area (Å²) in [4.78, 5) is 17.0. The first-order valence-electron chi connectivity index (χ1n) is 10.2. The molecule has 0 spiro atoms. The lowest BCUT2D eigenvalue weighted by Crippen LogP contribution is -2.40. The second-order valence-electron chi connectivity index (χ2n) is 7.51. The van der Waals surface area contributed by atoms with E-state index in [0.29, 0.717) is 44.7 Å². The van der Waals surface area contributed by atoms with E-state index in [0.717, 1.165) is 24.2 Å². The molecule has 0 unspecified atom stereocenters. The highest BCUT2D eigenvalue weighted by Gasteiger charge is 2.27. The third-order valence-corrected chi connectivity index (χ3v) is 7.15. The van der Waals surface area contributed by atoms with Crippen LogP contribution in [0.5, 0.6) is 0 Å². The molecule has 1 aliphatic rings. The summed E-state index contributed by atoms with van der Waals surface area (Å²) < 4.78 is 34.4. The fourth-order valence-corrected chi connectivity index (χ4v) is 5.06. The van der Waals surface area contributed by atoms with Gasteiger partial charge < -0.3 is 14.6 Å². The summed E-state index contributed by atoms with van der Waals surface area (Å²) in [5, 5.41) is 3.00.